The zero-order chi connectivity index (χ0) is 27.9. The molecule has 4 aromatic rings. The number of anilines is 1. The summed E-state index contributed by atoms with van der Waals surface area (Å²) in [4.78, 5) is 31.0. The van der Waals surface area contributed by atoms with E-state index in [9.17, 15) is 14.0 Å². The number of carbonyl (C=O) groups excluding carboxylic acids is 2. The van der Waals surface area contributed by atoms with Crippen molar-refractivity contribution in [1.82, 2.24) is 20.0 Å². The van der Waals surface area contributed by atoms with Gasteiger partial charge in [-0.1, -0.05) is 72.8 Å². The van der Waals surface area contributed by atoms with Crippen LogP contribution >= 0.6 is 0 Å². The number of amides is 2. The summed E-state index contributed by atoms with van der Waals surface area (Å²) < 4.78 is 14.2. The first-order valence-electron chi connectivity index (χ1n) is 13.2. The van der Waals surface area contributed by atoms with Gasteiger partial charge in [0, 0.05) is 38.3 Å². The topological polar surface area (TPSA) is 69.6 Å². The van der Waals surface area contributed by atoms with Crippen molar-refractivity contribution < 1.29 is 14.0 Å². The minimum absolute atomic E-state index is 0.0591. The predicted molar refractivity (Wildman–Crippen MR) is 154 cm³/mol. The van der Waals surface area contributed by atoms with E-state index in [2.05, 4.69) is 45.9 Å². The molecule has 2 amide bonds. The molecule has 40 heavy (non-hydrogen) atoms. The van der Waals surface area contributed by atoms with Crippen LogP contribution in [-0.4, -0.2) is 71.1 Å². The number of hydrogen-bond acceptors (Lipinski definition) is 5. The van der Waals surface area contributed by atoms with Gasteiger partial charge in [0.1, 0.15) is 12.4 Å². The summed E-state index contributed by atoms with van der Waals surface area (Å²) in [5.41, 5.74) is 4.03. The maximum atomic E-state index is 14.2. The molecule has 0 N–H and O–H groups in total. The standard InChI is InChI=1S/C32H30FN5O2/c1-2-18-38(32(40)27-10-6-7-11-28(27)33)23-31(39)37-21-19-36(20-22-37)30-17-16-29(34-35-30)26-14-12-25(13-15-26)24-8-4-3-5-9-24/h2-17H,1,18-23H2. The van der Waals surface area contributed by atoms with E-state index < -0.39 is 11.7 Å². The third kappa shape index (κ3) is 6.07. The van der Waals surface area contributed by atoms with Crippen LogP contribution in [0.3, 0.4) is 0 Å². The summed E-state index contributed by atoms with van der Waals surface area (Å²) in [6, 6.07) is 28.1. The molecule has 0 unspecified atom stereocenters. The number of hydrogen-bond donors (Lipinski definition) is 0. The average Bonchev–Trinajstić information content (AvgIpc) is 3.01. The number of halogens is 1. The van der Waals surface area contributed by atoms with Crippen LogP contribution in [-0.2, 0) is 4.79 Å². The fourth-order valence-electron chi connectivity index (χ4n) is 4.74. The van der Waals surface area contributed by atoms with Crippen LogP contribution in [0.1, 0.15) is 10.4 Å². The molecule has 1 aromatic heterocycles. The van der Waals surface area contributed by atoms with Gasteiger partial charge < -0.3 is 14.7 Å². The number of nitrogens with zero attached hydrogens (tertiary/aromatic N) is 5. The molecule has 2 heterocycles. The van der Waals surface area contributed by atoms with E-state index in [0.717, 1.165) is 22.6 Å². The van der Waals surface area contributed by atoms with E-state index in [1.807, 2.05) is 42.5 Å². The molecule has 202 valence electrons. The van der Waals surface area contributed by atoms with Crippen molar-refractivity contribution in [3.63, 3.8) is 0 Å². The van der Waals surface area contributed by atoms with E-state index in [1.165, 1.54) is 34.7 Å². The van der Waals surface area contributed by atoms with E-state index in [0.29, 0.717) is 26.2 Å². The average molecular weight is 536 g/mol. The maximum absolute atomic E-state index is 14.2. The zero-order valence-corrected chi connectivity index (χ0v) is 22.1. The van der Waals surface area contributed by atoms with Gasteiger partial charge in [0.05, 0.1) is 11.3 Å². The van der Waals surface area contributed by atoms with Crippen molar-refractivity contribution in [2.45, 2.75) is 0 Å². The second-order valence-corrected chi connectivity index (χ2v) is 9.54. The van der Waals surface area contributed by atoms with Crippen molar-refractivity contribution in [1.29, 1.82) is 0 Å². The highest BCUT2D eigenvalue weighted by atomic mass is 19.1. The second kappa shape index (κ2) is 12.3. The number of rotatable bonds is 8. The highest BCUT2D eigenvalue weighted by molar-refractivity contribution is 5.96. The Labute approximate surface area is 233 Å². The van der Waals surface area contributed by atoms with E-state index in [4.69, 9.17) is 0 Å². The Bertz CT molecular complexity index is 1470. The van der Waals surface area contributed by atoms with Crippen LogP contribution in [0.5, 0.6) is 0 Å². The summed E-state index contributed by atoms with van der Waals surface area (Å²) in [6.07, 6.45) is 1.53. The van der Waals surface area contributed by atoms with Gasteiger partial charge in [-0.25, -0.2) is 4.39 Å². The molecule has 8 heteroatoms. The molecule has 0 spiro atoms. The van der Waals surface area contributed by atoms with Crippen LogP contribution in [0.2, 0.25) is 0 Å². The largest absolute Gasteiger partial charge is 0.352 e. The first-order valence-corrected chi connectivity index (χ1v) is 13.2. The molecule has 3 aromatic carbocycles. The molecule has 5 rings (SSSR count). The highest BCUT2D eigenvalue weighted by Crippen LogP contribution is 2.24. The van der Waals surface area contributed by atoms with Crippen molar-refractivity contribution in [3.05, 3.63) is 115 Å². The van der Waals surface area contributed by atoms with Gasteiger partial charge in [0.2, 0.25) is 5.91 Å². The minimum Gasteiger partial charge on any atom is -0.352 e. The van der Waals surface area contributed by atoms with Crippen LogP contribution in [0, 0.1) is 5.82 Å². The van der Waals surface area contributed by atoms with Gasteiger partial charge in [-0.15, -0.1) is 16.8 Å². The van der Waals surface area contributed by atoms with Crippen LogP contribution in [0.4, 0.5) is 10.2 Å². The fourth-order valence-corrected chi connectivity index (χ4v) is 4.74. The Morgan fingerprint density at radius 3 is 2.10 bits per heavy atom. The molecular formula is C32H30FN5O2. The first kappa shape index (κ1) is 26.7. The zero-order valence-electron chi connectivity index (χ0n) is 22.1. The van der Waals surface area contributed by atoms with Crippen molar-refractivity contribution >= 4 is 17.6 Å². The number of benzene rings is 3. The second-order valence-electron chi connectivity index (χ2n) is 9.54. The molecule has 0 atom stereocenters. The Hall–Kier alpha value is -4.85. The lowest BCUT2D eigenvalue weighted by atomic mass is 10.0. The molecule has 1 fully saturated rings. The molecule has 1 saturated heterocycles. The SMILES string of the molecule is C=CCN(CC(=O)N1CCN(c2ccc(-c3ccc(-c4ccccc4)cc3)nn2)CC1)C(=O)c1ccccc1F. The Morgan fingerprint density at radius 2 is 1.45 bits per heavy atom. The molecule has 0 radical (unpaired) electrons. The summed E-state index contributed by atoms with van der Waals surface area (Å²) in [5, 5.41) is 8.88. The van der Waals surface area contributed by atoms with E-state index in [-0.39, 0.29) is 24.6 Å². The lowest BCUT2D eigenvalue weighted by molar-refractivity contribution is -0.132. The summed E-state index contributed by atoms with van der Waals surface area (Å²) in [7, 11) is 0. The lowest BCUT2D eigenvalue weighted by Gasteiger charge is -2.36. The Balaban J connectivity index is 1.17. The molecular weight excluding hydrogens is 505 g/mol. The number of piperazine rings is 1. The fraction of sp³-hybridized carbons (Fsp3) is 0.188. The lowest BCUT2D eigenvalue weighted by Crippen LogP contribution is -2.52. The van der Waals surface area contributed by atoms with Crippen molar-refractivity contribution in [2.24, 2.45) is 0 Å². The summed E-state index contributed by atoms with van der Waals surface area (Å²) in [5.74, 6) is -0.583. The predicted octanol–water partition coefficient (Wildman–Crippen LogP) is 4.93. The molecule has 7 nitrogen and oxygen atoms in total. The maximum Gasteiger partial charge on any atom is 0.257 e. The highest BCUT2D eigenvalue weighted by Gasteiger charge is 2.26. The summed E-state index contributed by atoms with van der Waals surface area (Å²) in [6.45, 7) is 5.83. The van der Waals surface area contributed by atoms with Gasteiger partial charge in [-0.3, -0.25) is 9.59 Å². The van der Waals surface area contributed by atoms with Gasteiger partial charge in [-0.2, -0.15) is 0 Å². The van der Waals surface area contributed by atoms with E-state index in [1.54, 1.807) is 11.0 Å². The monoisotopic (exact) mass is 535 g/mol. The normalized spacial score (nSPS) is 13.1. The molecule has 1 aliphatic rings. The van der Waals surface area contributed by atoms with Crippen molar-refractivity contribution in [3.8, 4) is 22.4 Å². The third-order valence-electron chi connectivity index (χ3n) is 6.96. The van der Waals surface area contributed by atoms with Crippen molar-refractivity contribution in [2.75, 3.05) is 44.2 Å². The van der Waals surface area contributed by atoms with Crippen LogP contribution < -0.4 is 4.90 Å². The Kier molecular flexibility index (Phi) is 8.25. The smallest absolute Gasteiger partial charge is 0.257 e. The van der Waals surface area contributed by atoms with E-state index >= 15 is 0 Å². The van der Waals surface area contributed by atoms with Gasteiger partial charge in [0.25, 0.3) is 5.91 Å². The molecule has 1 aliphatic heterocycles. The first-order chi connectivity index (χ1) is 19.5. The van der Waals surface area contributed by atoms with Gasteiger partial charge in [-0.05, 0) is 35.4 Å². The van der Waals surface area contributed by atoms with Gasteiger partial charge >= 0.3 is 0 Å². The molecule has 0 saturated carbocycles. The number of carbonyl (C=O) groups is 2. The van der Waals surface area contributed by atoms with Crippen LogP contribution in [0.25, 0.3) is 22.4 Å². The number of aromatic nitrogens is 2. The van der Waals surface area contributed by atoms with Crippen LogP contribution in [0.15, 0.2) is 104 Å². The van der Waals surface area contributed by atoms with Gasteiger partial charge in [0.15, 0.2) is 5.82 Å². The third-order valence-corrected chi connectivity index (χ3v) is 6.96. The molecule has 0 bridgehead atoms. The Morgan fingerprint density at radius 1 is 0.800 bits per heavy atom. The minimum atomic E-state index is -0.612. The molecule has 0 aliphatic carbocycles. The summed E-state index contributed by atoms with van der Waals surface area (Å²) >= 11 is 0. The quantitative estimate of drug-likeness (QED) is 0.300.